The first kappa shape index (κ1) is 21.4. The van der Waals surface area contributed by atoms with E-state index in [0.29, 0.717) is 17.1 Å². The number of rotatable bonds is 6. The molecule has 160 valence electrons. The lowest BCUT2D eigenvalue weighted by Crippen LogP contribution is -2.51. The van der Waals surface area contributed by atoms with Gasteiger partial charge in [0.2, 0.25) is 5.91 Å². The lowest BCUT2D eigenvalue weighted by molar-refractivity contribution is -0.132. The average molecular weight is 425 g/mol. The Morgan fingerprint density at radius 1 is 1.14 bits per heavy atom. The molecule has 1 aromatic carbocycles. The molecule has 8 nitrogen and oxygen atoms in total. The van der Waals surface area contributed by atoms with E-state index in [1.54, 1.807) is 25.1 Å². The molecule has 1 heterocycles. The molecule has 9 heteroatoms. The quantitative estimate of drug-likeness (QED) is 0.741. The molecule has 1 aliphatic carbocycles. The second-order valence-electron chi connectivity index (χ2n) is 7.56. The van der Waals surface area contributed by atoms with Crippen LogP contribution >= 0.6 is 0 Å². The molecule has 2 aliphatic rings. The third-order valence-electron chi connectivity index (χ3n) is 5.40. The van der Waals surface area contributed by atoms with E-state index >= 15 is 0 Å². The minimum absolute atomic E-state index is 0.0426. The molecule has 0 spiro atoms. The number of nitrogens with zero attached hydrogens (tertiary/aromatic N) is 1. The largest absolute Gasteiger partial charge is 0.493 e. The van der Waals surface area contributed by atoms with Crippen LogP contribution in [0.2, 0.25) is 0 Å². The number of ether oxygens (including phenoxy) is 2. The lowest BCUT2D eigenvalue weighted by Gasteiger charge is -2.29. The minimum atomic E-state index is -3.07. The van der Waals surface area contributed by atoms with Gasteiger partial charge in [0.1, 0.15) is 6.04 Å². The normalized spacial score (nSPS) is 20.1. The Balaban J connectivity index is 1.61. The molecule has 1 saturated carbocycles. The highest BCUT2D eigenvalue weighted by molar-refractivity contribution is 7.91. The topological polar surface area (TPSA) is 102 Å². The van der Waals surface area contributed by atoms with E-state index in [1.165, 1.54) is 12.0 Å². The first-order chi connectivity index (χ1) is 13.8. The summed E-state index contributed by atoms with van der Waals surface area (Å²) in [4.78, 5) is 26.6. The van der Waals surface area contributed by atoms with Gasteiger partial charge in [-0.05, 0) is 50.8 Å². The van der Waals surface area contributed by atoms with Gasteiger partial charge in [-0.25, -0.2) is 8.42 Å². The smallest absolute Gasteiger partial charge is 0.252 e. The number of hydrogen-bond acceptors (Lipinski definition) is 6. The molecule has 1 aliphatic heterocycles. The number of methoxy groups -OCH3 is 1. The fraction of sp³-hybridized carbons (Fsp3) is 0.600. The summed E-state index contributed by atoms with van der Waals surface area (Å²) in [6.45, 7) is 1.91. The monoisotopic (exact) mass is 424 g/mol. The molecule has 29 heavy (non-hydrogen) atoms. The molecule has 1 atom stereocenters. The summed E-state index contributed by atoms with van der Waals surface area (Å²) in [5.74, 6) is 0.306. The van der Waals surface area contributed by atoms with Gasteiger partial charge in [-0.3, -0.25) is 9.59 Å². The number of carbonyl (C=O) groups excluding carboxylic acids is 2. The zero-order valence-corrected chi connectivity index (χ0v) is 17.7. The van der Waals surface area contributed by atoms with Crippen molar-refractivity contribution in [1.29, 1.82) is 0 Å². The van der Waals surface area contributed by atoms with Gasteiger partial charge >= 0.3 is 0 Å². The fourth-order valence-corrected chi connectivity index (χ4v) is 4.84. The average Bonchev–Trinajstić information content (AvgIpc) is 3.20. The maximum absolute atomic E-state index is 12.6. The van der Waals surface area contributed by atoms with Crippen molar-refractivity contribution in [3.8, 4) is 11.5 Å². The predicted molar refractivity (Wildman–Crippen MR) is 108 cm³/mol. The molecule has 0 aromatic heterocycles. The Kier molecular flexibility index (Phi) is 6.66. The van der Waals surface area contributed by atoms with E-state index in [9.17, 15) is 18.0 Å². The van der Waals surface area contributed by atoms with Crippen LogP contribution in [0.25, 0.3) is 0 Å². The molecule has 0 radical (unpaired) electrons. The van der Waals surface area contributed by atoms with E-state index in [2.05, 4.69) is 5.32 Å². The van der Waals surface area contributed by atoms with Crippen molar-refractivity contribution in [2.24, 2.45) is 0 Å². The summed E-state index contributed by atoms with van der Waals surface area (Å²) in [6, 6.07) is 4.20. The van der Waals surface area contributed by atoms with Crippen molar-refractivity contribution in [3.05, 3.63) is 23.8 Å². The van der Waals surface area contributed by atoms with Gasteiger partial charge in [0, 0.05) is 18.7 Å². The second-order valence-corrected chi connectivity index (χ2v) is 9.87. The predicted octanol–water partition coefficient (Wildman–Crippen LogP) is 1.39. The van der Waals surface area contributed by atoms with Crippen molar-refractivity contribution >= 4 is 21.7 Å². The summed E-state index contributed by atoms with van der Waals surface area (Å²) in [5, 5.41) is 2.68. The van der Waals surface area contributed by atoms with Crippen LogP contribution in [0.1, 0.15) is 43.0 Å². The molecule has 2 amide bonds. The summed E-state index contributed by atoms with van der Waals surface area (Å²) in [6.07, 6.45) is 4.52. The number of benzene rings is 1. The molecular weight excluding hydrogens is 396 g/mol. The number of nitrogens with one attached hydrogen (secondary N) is 1. The zero-order chi connectivity index (χ0) is 21.0. The first-order valence-corrected chi connectivity index (χ1v) is 11.8. The van der Waals surface area contributed by atoms with Gasteiger partial charge in [0.25, 0.3) is 5.91 Å². The Morgan fingerprint density at radius 3 is 2.41 bits per heavy atom. The van der Waals surface area contributed by atoms with Crippen molar-refractivity contribution in [1.82, 2.24) is 10.2 Å². The SMILES string of the molecule is COc1cc(C(=O)NC(C)C(=O)N2CCS(=O)(=O)CC2)ccc1OC1CCCC1. The molecule has 3 rings (SSSR count). The highest BCUT2D eigenvalue weighted by Crippen LogP contribution is 2.32. The van der Waals surface area contributed by atoms with Crippen LogP contribution in [-0.4, -0.2) is 69.0 Å². The maximum Gasteiger partial charge on any atom is 0.252 e. The number of amides is 2. The molecule has 1 N–H and O–H groups in total. The Bertz CT molecular complexity index is 850. The first-order valence-electron chi connectivity index (χ1n) is 9.94. The summed E-state index contributed by atoms with van der Waals surface area (Å²) >= 11 is 0. The highest BCUT2D eigenvalue weighted by Gasteiger charge is 2.29. The fourth-order valence-electron chi connectivity index (χ4n) is 3.64. The Labute approximate surface area is 171 Å². The number of carbonyl (C=O) groups is 2. The van der Waals surface area contributed by atoms with Gasteiger partial charge < -0.3 is 19.7 Å². The highest BCUT2D eigenvalue weighted by atomic mass is 32.2. The van der Waals surface area contributed by atoms with Crippen LogP contribution in [0.5, 0.6) is 11.5 Å². The molecule has 0 bridgehead atoms. The van der Waals surface area contributed by atoms with E-state index < -0.39 is 21.8 Å². The van der Waals surface area contributed by atoms with E-state index in [1.807, 2.05) is 0 Å². The van der Waals surface area contributed by atoms with Crippen molar-refractivity contribution in [3.63, 3.8) is 0 Å². The third kappa shape index (κ3) is 5.41. The van der Waals surface area contributed by atoms with Crippen molar-refractivity contribution in [2.45, 2.75) is 44.8 Å². The second kappa shape index (κ2) is 9.02. The van der Waals surface area contributed by atoms with Gasteiger partial charge in [0.05, 0.1) is 24.7 Å². The molecule has 1 unspecified atom stereocenters. The standard InChI is InChI=1S/C20H28N2O6S/c1-14(20(24)22-9-11-29(25,26)12-10-22)21-19(23)15-7-8-17(18(13-15)27-2)28-16-5-3-4-6-16/h7-8,13-14,16H,3-6,9-12H2,1-2H3,(H,21,23). The van der Waals surface area contributed by atoms with Crippen molar-refractivity contribution < 1.29 is 27.5 Å². The van der Waals surface area contributed by atoms with Gasteiger partial charge in [-0.1, -0.05) is 0 Å². The molecular formula is C20H28N2O6S. The van der Waals surface area contributed by atoms with Crippen LogP contribution in [0, 0.1) is 0 Å². The number of sulfone groups is 1. The van der Waals surface area contributed by atoms with Crippen LogP contribution in [-0.2, 0) is 14.6 Å². The van der Waals surface area contributed by atoms with E-state index in [0.717, 1.165) is 25.7 Å². The number of hydrogen-bond donors (Lipinski definition) is 1. The summed E-state index contributed by atoms with van der Waals surface area (Å²) in [7, 11) is -1.55. The van der Waals surface area contributed by atoms with Crippen LogP contribution in [0.4, 0.5) is 0 Å². The summed E-state index contributed by atoms with van der Waals surface area (Å²) < 4.78 is 34.4. The van der Waals surface area contributed by atoms with Crippen LogP contribution in [0.15, 0.2) is 18.2 Å². The van der Waals surface area contributed by atoms with Crippen LogP contribution in [0.3, 0.4) is 0 Å². The lowest BCUT2D eigenvalue weighted by atomic mass is 10.1. The summed E-state index contributed by atoms with van der Waals surface area (Å²) in [5.41, 5.74) is 0.362. The van der Waals surface area contributed by atoms with Crippen molar-refractivity contribution in [2.75, 3.05) is 31.7 Å². The van der Waals surface area contributed by atoms with Crippen LogP contribution < -0.4 is 14.8 Å². The minimum Gasteiger partial charge on any atom is -0.493 e. The van der Waals surface area contributed by atoms with Gasteiger partial charge in [-0.15, -0.1) is 0 Å². The van der Waals surface area contributed by atoms with Gasteiger partial charge in [0.15, 0.2) is 21.3 Å². The van der Waals surface area contributed by atoms with Gasteiger partial charge in [-0.2, -0.15) is 0 Å². The third-order valence-corrected chi connectivity index (χ3v) is 7.00. The van der Waals surface area contributed by atoms with E-state index in [4.69, 9.17) is 9.47 Å². The molecule has 1 aromatic rings. The molecule has 1 saturated heterocycles. The van der Waals surface area contributed by atoms with E-state index in [-0.39, 0.29) is 36.6 Å². The Morgan fingerprint density at radius 2 is 1.79 bits per heavy atom. The zero-order valence-electron chi connectivity index (χ0n) is 16.8. The Hall–Kier alpha value is -2.29. The molecule has 2 fully saturated rings. The maximum atomic E-state index is 12.6.